The SMILES string of the molecule is Cc1cnc(C(=O)N2CCCCC2c2c(-c3onc(C)c3C)cnn2C)cn1. The third-order valence-electron chi connectivity index (χ3n) is 5.47. The van der Waals surface area contributed by atoms with E-state index in [-0.39, 0.29) is 11.9 Å². The molecule has 4 heterocycles. The average molecular weight is 380 g/mol. The summed E-state index contributed by atoms with van der Waals surface area (Å²) in [4.78, 5) is 23.6. The minimum absolute atomic E-state index is 0.100. The van der Waals surface area contributed by atoms with Crippen LogP contribution in [0.3, 0.4) is 0 Å². The highest BCUT2D eigenvalue weighted by atomic mass is 16.5. The maximum Gasteiger partial charge on any atom is 0.274 e. The first-order chi connectivity index (χ1) is 13.5. The average Bonchev–Trinajstić information content (AvgIpc) is 3.24. The third kappa shape index (κ3) is 3.08. The first-order valence-electron chi connectivity index (χ1n) is 9.52. The van der Waals surface area contributed by atoms with Crippen LogP contribution in [-0.4, -0.2) is 42.3 Å². The molecule has 3 aromatic rings. The van der Waals surface area contributed by atoms with E-state index in [0.29, 0.717) is 18.0 Å². The Hall–Kier alpha value is -3.03. The second-order valence-electron chi connectivity index (χ2n) is 7.34. The van der Waals surface area contributed by atoms with Gasteiger partial charge in [-0.3, -0.25) is 14.5 Å². The molecule has 1 amide bonds. The minimum Gasteiger partial charge on any atom is -0.356 e. The van der Waals surface area contributed by atoms with Gasteiger partial charge in [-0.15, -0.1) is 0 Å². The van der Waals surface area contributed by atoms with Gasteiger partial charge in [0.05, 0.1) is 41.1 Å². The van der Waals surface area contributed by atoms with Crippen molar-refractivity contribution in [2.45, 2.75) is 46.1 Å². The lowest BCUT2D eigenvalue weighted by Crippen LogP contribution is -2.40. The van der Waals surface area contributed by atoms with Crippen molar-refractivity contribution in [2.24, 2.45) is 7.05 Å². The zero-order valence-corrected chi connectivity index (χ0v) is 16.6. The molecule has 1 aliphatic heterocycles. The van der Waals surface area contributed by atoms with Crippen molar-refractivity contribution in [3.05, 3.63) is 46.9 Å². The van der Waals surface area contributed by atoms with E-state index < -0.39 is 0 Å². The number of hydrogen-bond donors (Lipinski definition) is 0. The van der Waals surface area contributed by atoms with Crippen LogP contribution in [-0.2, 0) is 7.05 Å². The van der Waals surface area contributed by atoms with Gasteiger partial charge < -0.3 is 9.42 Å². The minimum atomic E-state index is -0.102. The van der Waals surface area contributed by atoms with Gasteiger partial charge >= 0.3 is 0 Å². The van der Waals surface area contributed by atoms with E-state index in [0.717, 1.165) is 47.5 Å². The van der Waals surface area contributed by atoms with E-state index in [1.54, 1.807) is 18.6 Å². The monoisotopic (exact) mass is 380 g/mol. The van der Waals surface area contributed by atoms with Gasteiger partial charge in [-0.1, -0.05) is 5.16 Å². The van der Waals surface area contributed by atoms with E-state index in [4.69, 9.17) is 4.52 Å². The van der Waals surface area contributed by atoms with Crippen LogP contribution < -0.4 is 0 Å². The molecule has 1 aliphatic rings. The standard InChI is InChI=1S/C20H24N6O2/c1-12-9-22-16(11-21-12)20(27)26-8-6-5-7-17(26)18-15(10-23-25(18)4)19-13(2)14(3)24-28-19/h9-11,17H,5-8H2,1-4H3. The van der Waals surface area contributed by atoms with Gasteiger partial charge in [0.2, 0.25) is 0 Å². The topological polar surface area (TPSA) is 89.9 Å². The molecule has 1 saturated heterocycles. The number of hydrogen-bond acceptors (Lipinski definition) is 6. The van der Waals surface area contributed by atoms with Gasteiger partial charge in [0.15, 0.2) is 5.76 Å². The predicted molar refractivity (Wildman–Crippen MR) is 103 cm³/mol. The molecule has 146 valence electrons. The zero-order valence-electron chi connectivity index (χ0n) is 16.6. The summed E-state index contributed by atoms with van der Waals surface area (Å²) in [7, 11) is 1.90. The maximum atomic E-state index is 13.2. The van der Waals surface area contributed by atoms with Gasteiger partial charge in [-0.25, -0.2) is 4.98 Å². The summed E-state index contributed by atoms with van der Waals surface area (Å²) in [5.74, 6) is 0.614. The molecule has 0 bridgehead atoms. The molecule has 0 saturated carbocycles. The fraction of sp³-hybridized carbons (Fsp3) is 0.450. The third-order valence-corrected chi connectivity index (χ3v) is 5.47. The molecule has 0 aliphatic carbocycles. The van der Waals surface area contributed by atoms with Crippen molar-refractivity contribution in [3.63, 3.8) is 0 Å². The maximum absolute atomic E-state index is 13.2. The Morgan fingerprint density at radius 1 is 1.14 bits per heavy atom. The summed E-state index contributed by atoms with van der Waals surface area (Å²) in [6, 6.07) is -0.100. The molecule has 3 aromatic heterocycles. The Balaban J connectivity index is 1.75. The van der Waals surface area contributed by atoms with Crippen molar-refractivity contribution >= 4 is 5.91 Å². The molecular formula is C20H24N6O2. The van der Waals surface area contributed by atoms with Crippen molar-refractivity contribution in [1.82, 2.24) is 29.8 Å². The molecule has 1 fully saturated rings. The smallest absolute Gasteiger partial charge is 0.274 e. The second-order valence-corrected chi connectivity index (χ2v) is 7.34. The van der Waals surface area contributed by atoms with E-state index in [1.165, 1.54) is 0 Å². The van der Waals surface area contributed by atoms with Gasteiger partial charge in [0.25, 0.3) is 5.91 Å². The normalized spacial score (nSPS) is 17.1. The predicted octanol–water partition coefficient (Wildman–Crippen LogP) is 3.16. The van der Waals surface area contributed by atoms with Crippen LogP contribution >= 0.6 is 0 Å². The fourth-order valence-corrected chi connectivity index (χ4v) is 3.79. The molecule has 0 aromatic carbocycles. The number of rotatable bonds is 3. The summed E-state index contributed by atoms with van der Waals surface area (Å²) in [6.07, 6.45) is 7.86. The summed E-state index contributed by atoms with van der Waals surface area (Å²) >= 11 is 0. The number of aryl methyl sites for hydroxylation is 3. The largest absolute Gasteiger partial charge is 0.356 e. The van der Waals surface area contributed by atoms with Crippen LogP contribution in [0.15, 0.2) is 23.1 Å². The number of carbonyl (C=O) groups excluding carboxylic acids is 1. The van der Waals surface area contributed by atoms with Gasteiger partial charge in [-0.2, -0.15) is 5.10 Å². The van der Waals surface area contributed by atoms with Crippen molar-refractivity contribution in [2.75, 3.05) is 6.54 Å². The molecule has 8 heteroatoms. The van der Waals surface area contributed by atoms with Crippen LogP contribution in [0.1, 0.15) is 58.4 Å². The molecule has 0 spiro atoms. The molecule has 0 N–H and O–H groups in total. The highest BCUT2D eigenvalue weighted by molar-refractivity contribution is 5.92. The summed E-state index contributed by atoms with van der Waals surface area (Å²) < 4.78 is 7.43. The molecule has 4 rings (SSSR count). The molecule has 0 radical (unpaired) electrons. The Kier molecular flexibility index (Phi) is 4.70. The lowest BCUT2D eigenvalue weighted by molar-refractivity contribution is 0.0595. The van der Waals surface area contributed by atoms with Gasteiger partial charge in [0.1, 0.15) is 5.69 Å². The first-order valence-corrected chi connectivity index (χ1v) is 9.52. The highest BCUT2D eigenvalue weighted by Crippen LogP contribution is 2.38. The summed E-state index contributed by atoms with van der Waals surface area (Å²) in [5, 5.41) is 8.55. The van der Waals surface area contributed by atoms with E-state index in [2.05, 4.69) is 20.2 Å². The number of piperidine rings is 1. The Labute approximate surface area is 163 Å². The quantitative estimate of drug-likeness (QED) is 0.693. The number of carbonyl (C=O) groups is 1. The van der Waals surface area contributed by atoms with Crippen molar-refractivity contribution in [1.29, 1.82) is 0 Å². The van der Waals surface area contributed by atoms with Crippen molar-refractivity contribution in [3.8, 4) is 11.3 Å². The lowest BCUT2D eigenvalue weighted by atomic mass is 9.95. The van der Waals surface area contributed by atoms with Crippen LogP contribution in [0, 0.1) is 20.8 Å². The van der Waals surface area contributed by atoms with E-state index in [1.807, 2.05) is 37.4 Å². The molecule has 28 heavy (non-hydrogen) atoms. The molecule has 8 nitrogen and oxygen atoms in total. The zero-order chi connectivity index (χ0) is 19.8. The van der Waals surface area contributed by atoms with Crippen LogP contribution in [0.25, 0.3) is 11.3 Å². The second kappa shape index (κ2) is 7.18. The molecular weight excluding hydrogens is 356 g/mol. The Morgan fingerprint density at radius 2 is 1.96 bits per heavy atom. The number of likely N-dealkylation sites (tertiary alicyclic amines) is 1. The van der Waals surface area contributed by atoms with Crippen molar-refractivity contribution < 1.29 is 9.32 Å². The Morgan fingerprint density at radius 3 is 2.64 bits per heavy atom. The number of amides is 1. The summed E-state index contributed by atoms with van der Waals surface area (Å²) in [6.45, 7) is 6.45. The summed E-state index contributed by atoms with van der Waals surface area (Å²) in [5.41, 5.74) is 4.86. The Bertz CT molecular complexity index is 1000. The van der Waals surface area contributed by atoms with Crippen LogP contribution in [0.2, 0.25) is 0 Å². The van der Waals surface area contributed by atoms with Gasteiger partial charge in [0, 0.05) is 25.4 Å². The van der Waals surface area contributed by atoms with Gasteiger partial charge in [-0.05, 0) is 40.0 Å². The van der Waals surface area contributed by atoms with E-state index >= 15 is 0 Å². The number of aromatic nitrogens is 5. The van der Waals surface area contributed by atoms with E-state index in [9.17, 15) is 4.79 Å². The lowest BCUT2D eigenvalue weighted by Gasteiger charge is -2.36. The van der Waals surface area contributed by atoms with Crippen LogP contribution in [0.5, 0.6) is 0 Å². The fourth-order valence-electron chi connectivity index (χ4n) is 3.79. The van der Waals surface area contributed by atoms with Crippen LogP contribution in [0.4, 0.5) is 0 Å². The first kappa shape index (κ1) is 18.3. The molecule has 1 atom stereocenters. The number of nitrogens with zero attached hydrogens (tertiary/aromatic N) is 6. The highest BCUT2D eigenvalue weighted by Gasteiger charge is 2.34. The molecule has 1 unspecified atom stereocenters.